The summed E-state index contributed by atoms with van der Waals surface area (Å²) in [5.74, 6) is 0. The van der Waals surface area contributed by atoms with E-state index in [9.17, 15) is 0 Å². The summed E-state index contributed by atoms with van der Waals surface area (Å²) in [6.45, 7) is 0. The summed E-state index contributed by atoms with van der Waals surface area (Å²) in [4.78, 5) is 0. The fraction of sp³-hybridized carbons (Fsp3) is 0. The van der Waals surface area contributed by atoms with E-state index in [1.165, 1.54) is 54.2 Å². The van der Waals surface area contributed by atoms with Crippen molar-refractivity contribution in [3.8, 4) is 0 Å². The molecule has 0 unspecified atom stereocenters. The largest absolute Gasteiger partial charge is 1.00 e. The fourth-order valence-electron chi connectivity index (χ4n) is 5.10. The molecule has 0 aromatic heterocycles. The van der Waals surface area contributed by atoms with Crippen molar-refractivity contribution in [1.82, 2.24) is 0 Å². The van der Waals surface area contributed by atoms with Gasteiger partial charge in [0.1, 0.15) is 0 Å². The Labute approximate surface area is 279 Å². The van der Waals surface area contributed by atoms with Crippen LogP contribution in [-0.4, -0.2) is 0 Å². The molecule has 3 heteroatoms. The summed E-state index contributed by atoms with van der Waals surface area (Å²) < 4.78 is 0. The first-order valence-electron chi connectivity index (χ1n) is 13.4. The van der Waals surface area contributed by atoms with E-state index in [0.29, 0.717) is 0 Å². The minimum atomic E-state index is 0. The van der Waals surface area contributed by atoms with Crippen molar-refractivity contribution >= 4 is 43.1 Å². The van der Waals surface area contributed by atoms with Gasteiger partial charge in [-0.05, 0) is 0 Å². The molecule has 0 aliphatic heterocycles. The predicted molar refractivity (Wildman–Crippen MR) is 169 cm³/mol. The van der Waals surface area contributed by atoms with Crippen LogP contribution in [0.3, 0.4) is 0 Å². The second-order valence-electron chi connectivity index (χ2n) is 9.60. The Hall–Kier alpha value is -3.62. The molecule has 42 heavy (non-hydrogen) atoms. The van der Waals surface area contributed by atoms with Crippen LogP contribution < -0.4 is 24.8 Å². The molecular formula is C39H29Cl2Hf-5. The van der Waals surface area contributed by atoms with Gasteiger partial charge in [0, 0.05) is 25.8 Å². The zero-order chi connectivity index (χ0) is 26.3. The van der Waals surface area contributed by atoms with Gasteiger partial charge in [-0.25, -0.2) is 0 Å². The molecule has 0 saturated carbocycles. The van der Waals surface area contributed by atoms with Gasteiger partial charge in [0.05, 0.1) is 0 Å². The molecule has 8 rings (SSSR count). The smallest absolute Gasteiger partial charge is 0 e. The molecule has 0 aliphatic rings. The van der Waals surface area contributed by atoms with Crippen LogP contribution in [0.4, 0.5) is 0 Å². The molecule has 0 heterocycles. The van der Waals surface area contributed by atoms with E-state index in [4.69, 9.17) is 0 Å². The van der Waals surface area contributed by atoms with Gasteiger partial charge in [-0.3, -0.25) is 0 Å². The number of halogens is 2. The van der Waals surface area contributed by atoms with Crippen molar-refractivity contribution < 1.29 is 50.7 Å². The van der Waals surface area contributed by atoms with Gasteiger partial charge in [-0.2, -0.15) is 0 Å². The molecule has 0 spiro atoms. The van der Waals surface area contributed by atoms with Crippen molar-refractivity contribution in [2.75, 3.05) is 0 Å². The Kier molecular flexibility index (Phi) is 12.6. The molecule has 0 nitrogen and oxygen atoms in total. The normalized spacial score (nSPS) is 9.81. The van der Waals surface area contributed by atoms with Crippen LogP contribution in [0.1, 0.15) is 11.1 Å². The van der Waals surface area contributed by atoms with Crippen LogP contribution in [-0.2, 0) is 25.8 Å². The second-order valence-corrected chi connectivity index (χ2v) is 9.60. The molecule has 0 amide bonds. The molecule has 0 bridgehead atoms. The first kappa shape index (κ1) is 32.9. The van der Waals surface area contributed by atoms with Crippen LogP contribution >= 0.6 is 0 Å². The molecule has 0 N–H and O–H groups in total. The minimum absolute atomic E-state index is 0. The Bertz CT molecular complexity index is 1690. The summed E-state index contributed by atoms with van der Waals surface area (Å²) in [5, 5.41) is 10.8. The molecule has 0 aliphatic carbocycles. The quantitative estimate of drug-likeness (QED) is 0.178. The van der Waals surface area contributed by atoms with E-state index < -0.39 is 0 Å². The average molecular weight is 747 g/mol. The number of benzene rings is 6. The average Bonchev–Trinajstić information content (AvgIpc) is 3.58. The molecule has 0 radical (unpaired) electrons. The zero-order valence-corrected chi connectivity index (χ0v) is 28.1. The van der Waals surface area contributed by atoms with Crippen LogP contribution in [0, 0.1) is 6.42 Å². The van der Waals surface area contributed by atoms with E-state index >= 15 is 0 Å². The second kappa shape index (κ2) is 16.1. The maximum atomic E-state index is 2.24. The molecule has 0 fully saturated rings. The summed E-state index contributed by atoms with van der Waals surface area (Å²) >= 11 is 0. The Morgan fingerprint density at radius 3 is 0.833 bits per heavy atom. The third-order valence-electron chi connectivity index (χ3n) is 6.98. The summed E-state index contributed by atoms with van der Waals surface area (Å²) in [6, 6.07) is 59.2. The predicted octanol–water partition coefficient (Wildman–Crippen LogP) is 4.72. The number of rotatable bonds is 2. The standard InChI is InChI=1S/2C13H9.C13H11.2ClH.Hf/c2*1-3-7-12-10(5-1)9-11-6-2-4-8-13(11)12;1-3-7-12(8-4-1)11-13-9-5-2-6-10-13;;;/h2*1-9H;1-11H;2*1H;/q3*-1;;;/p-2. The van der Waals surface area contributed by atoms with Crippen molar-refractivity contribution in [2.24, 2.45) is 0 Å². The van der Waals surface area contributed by atoms with E-state index in [2.05, 4.69) is 164 Å². The van der Waals surface area contributed by atoms with E-state index in [1.807, 2.05) is 12.1 Å². The van der Waals surface area contributed by atoms with Crippen molar-refractivity contribution in [1.29, 1.82) is 0 Å². The third-order valence-corrected chi connectivity index (χ3v) is 6.98. The topological polar surface area (TPSA) is 0 Å². The Morgan fingerprint density at radius 2 is 0.548 bits per heavy atom. The maximum Gasteiger partial charge on any atom is 0 e. The van der Waals surface area contributed by atoms with Crippen molar-refractivity contribution in [3.05, 3.63) is 187 Å². The maximum absolute atomic E-state index is 2.24. The van der Waals surface area contributed by atoms with Crippen LogP contribution in [0.25, 0.3) is 43.1 Å². The monoisotopic (exact) mass is 747 g/mol. The Morgan fingerprint density at radius 1 is 0.310 bits per heavy atom. The van der Waals surface area contributed by atoms with Gasteiger partial charge < -0.3 is 24.8 Å². The van der Waals surface area contributed by atoms with E-state index in [1.54, 1.807) is 0 Å². The molecule has 8 aromatic carbocycles. The molecule has 208 valence electrons. The summed E-state index contributed by atoms with van der Waals surface area (Å²) in [7, 11) is 0. The third kappa shape index (κ3) is 7.81. The zero-order valence-electron chi connectivity index (χ0n) is 23.0. The van der Waals surface area contributed by atoms with Gasteiger partial charge in [-0.15, -0.1) is 121 Å². The van der Waals surface area contributed by atoms with Crippen molar-refractivity contribution in [3.63, 3.8) is 0 Å². The Balaban J connectivity index is 0.000000167. The van der Waals surface area contributed by atoms with Crippen molar-refractivity contribution in [2.45, 2.75) is 0 Å². The number of fused-ring (bicyclic) bond motifs is 6. The fourth-order valence-corrected chi connectivity index (χ4v) is 5.10. The first-order valence-corrected chi connectivity index (χ1v) is 13.4. The molecular weight excluding hydrogens is 718 g/mol. The van der Waals surface area contributed by atoms with Crippen LogP contribution in [0.5, 0.6) is 0 Å². The minimum Gasteiger partial charge on any atom is -1.00 e. The van der Waals surface area contributed by atoms with E-state index in [0.717, 1.165) is 0 Å². The SMILES string of the molecule is [Cl-].[Cl-].[Hf].c1ccc([CH-]c2ccccc2)cc1.c1ccc2c(c1)[cH-]c1ccccc12.c1ccc2c(c1)[cH-]c1ccccc12. The van der Waals surface area contributed by atoms with E-state index in [-0.39, 0.29) is 50.7 Å². The first-order chi connectivity index (χ1) is 19.3. The molecule has 0 atom stereocenters. The van der Waals surface area contributed by atoms with Crippen LogP contribution in [0.15, 0.2) is 170 Å². The van der Waals surface area contributed by atoms with Gasteiger partial charge in [0.15, 0.2) is 0 Å². The van der Waals surface area contributed by atoms with Gasteiger partial charge >= 0.3 is 0 Å². The molecule has 0 saturated heterocycles. The van der Waals surface area contributed by atoms with Crippen LogP contribution in [0.2, 0.25) is 0 Å². The van der Waals surface area contributed by atoms with Gasteiger partial charge in [0.25, 0.3) is 0 Å². The van der Waals surface area contributed by atoms with Gasteiger partial charge in [0.2, 0.25) is 0 Å². The van der Waals surface area contributed by atoms with Gasteiger partial charge in [-0.1, -0.05) is 109 Å². The summed E-state index contributed by atoms with van der Waals surface area (Å²) in [5.41, 5.74) is 2.49. The molecule has 8 aromatic rings. The number of hydrogen-bond acceptors (Lipinski definition) is 0. The summed E-state index contributed by atoms with van der Waals surface area (Å²) in [6.07, 6.45) is 2.17. The number of hydrogen-bond donors (Lipinski definition) is 0.